The molecule has 34 heavy (non-hydrogen) atoms. The van der Waals surface area contributed by atoms with Gasteiger partial charge in [-0.15, -0.1) is 10.2 Å². The van der Waals surface area contributed by atoms with Gasteiger partial charge < -0.3 is 10.4 Å². The third-order valence-corrected chi connectivity index (χ3v) is 5.51. The first-order chi connectivity index (χ1) is 16.5. The number of nitrogens with one attached hydrogen (secondary N) is 1. The highest BCUT2D eigenvalue weighted by molar-refractivity contribution is 5.98. The molecule has 0 aliphatic rings. The molecule has 0 radical (unpaired) electrons. The minimum Gasteiger partial charge on any atom is -0.478 e. The third kappa shape index (κ3) is 3.88. The number of carboxylic acids is 1. The van der Waals surface area contributed by atoms with Crippen molar-refractivity contribution < 1.29 is 14.7 Å². The Balaban J connectivity index is 1.52. The number of pyridine rings is 1. The summed E-state index contributed by atoms with van der Waals surface area (Å²) < 4.78 is 3.13. The van der Waals surface area contributed by atoms with Crippen molar-refractivity contribution in [3.05, 3.63) is 106 Å². The molecule has 2 N–H and O–H groups in total. The summed E-state index contributed by atoms with van der Waals surface area (Å²) in [7, 11) is 0. The molecular formula is C24H18N6O4. The number of hydrogen-bond donors (Lipinski definition) is 2. The number of benzene rings is 2. The first-order valence-corrected chi connectivity index (χ1v) is 10.4. The fourth-order valence-corrected chi connectivity index (χ4v) is 3.74. The van der Waals surface area contributed by atoms with E-state index in [1.54, 1.807) is 47.1 Å². The largest absolute Gasteiger partial charge is 0.478 e. The van der Waals surface area contributed by atoms with E-state index in [4.69, 9.17) is 5.11 Å². The van der Waals surface area contributed by atoms with Crippen LogP contribution in [0.4, 0.5) is 0 Å². The van der Waals surface area contributed by atoms with E-state index in [1.807, 2.05) is 12.1 Å². The monoisotopic (exact) mass is 454 g/mol. The molecule has 168 valence electrons. The van der Waals surface area contributed by atoms with E-state index in [0.717, 1.165) is 11.1 Å². The first kappa shape index (κ1) is 21.0. The molecule has 0 bridgehead atoms. The quantitative estimate of drug-likeness (QED) is 0.402. The molecule has 0 saturated carbocycles. The summed E-state index contributed by atoms with van der Waals surface area (Å²) in [6.45, 7) is 0.496. The van der Waals surface area contributed by atoms with Crippen LogP contribution in [0.25, 0.3) is 16.7 Å². The molecule has 10 nitrogen and oxygen atoms in total. The van der Waals surface area contributed by atoms with Crippen molar-refractivity contribution in [1.82, 2.24) is 29.5 Å². The van der Waals surface area contributed by atoms with E-state index >= 15 is 0 Å². The number of rotatable bonds is 6. The maximum Gasteiger partial charge on any atom is 0.335 e. The second-order valence-corrected chi connectivity index (χ2v) is 7.66. The Bertz CT molecular complexity index is 1590. The van der Waals surface area contributed by atoms with Crippen LogP contribution >= 0.6 is 0 Å². The van der Waals surface area contributed by atoms with E-state index in [1.165, 1.54) is 23.0 Å². The maximum atomic E-state index is 13.4. The van der Waals surface area contributed by atoms with Crippen LogP contribution in [-0.2, 0) is 13.1 Å². The lowest BCUT2D eigenvalue weighted by Gasteiger charge is -2.12. The lowest BCUT2D eigenvalue weighted by atomic mass is 10.1. The summed E-state index contributed by atoms with van der Waals surface area (Å²) in [5, 5.41) is 20.3. The van der Waals surface area contributed by atoms with Crippen LogP contribution < -0.4 is 10.9 Å². The van der Waals surface area contributed by atoms with Gasteiger partial charge in [0.05, 0.1) is 23.0 Å². The van der Waals surface area contributed by atoms with Crippen molar-refractivity contribution in [2.75, 3.05) is 0 Å². The SMILES string of the molecule is O=C(O)c1ccc(Cn2c(=O)c3cc(C(=O)NCc4ccncc4)ccc3n3cnnc23)cc1. The van der Waals surface area contributed by atoms with Gasteiger partial charge in [-0.1, -0.05) is 12.1 Å². The van der Waals surface area contributed by atoms with Gasteiger partial charge in [-0.3, -0.25) is 23.5 Å². The van der Waals surface area contributed by atoms with Crippen molar-refractivity contribution in [2.24, 2.45) is 0 Å². The fourth-order valence-electron chi connectivity index (χ4n) is 3.74. The van der Waals surface area contributed by atoms with Gasteiger partial charge in [0, 0.05) is 24.5 Å². The summed E-state index contributed by atoms with van der Waals surface area (Å²) in [4.78, 5) is 41.2. The Morgan fingerprint density at radius 2 is 1.68 bits per heavy atom. The molecule has 0 aliphatic heterocycles. The minimum atomic E-state index is -1.02. The predicted molar refractivity (Wildman–Crippen MR) is 123 cm³/mol. The molecule has 5 aromatic rings. The molecule has 3 heterocycles. The van der Waals surface area contributed by atoms with Crippen LogP contribution in [0.15, 0.2) is 78.1 Å². The zero-order chi connectivity index (χ0) is 23.7. The van der Waals surface area contributed by atoms with Gasteiger partial charge in [-0.2, -0.15) is 0 Å². The van der Waals surface area contributed by atoms with Gasteiger partial charge in [-0.25, -0.2) is 4.79 Å². The van der Waals surface area contributed by atoms with Gasteiger partial charge in [0.1, 0.15) is 6.33 Å². The summed E-state index contributed by atoms with van der Waals surface area (Å²) in [5.41, 5.74) is 2.39. The van der Waals surface area contributed by atoms with Gasteiger partial charge >= 0.3 is 5.97 Å². The molecular weight excluding hydrogens is 436 g/mol. The minimum absolute atomic E-state index is 0.157. The van der Waals surface area contributed by atoms with E-state index in [0.29, 0.717) is 28.8 Å². The third-order valence-electron chi connectivity index (χ3n) is 5.51. The fraction of sp³-hybridized carbons (Fsp3) is 0.0833. The van der Waals surface area contributed by atoms with Crippen molar-refractivity contribution in [3.8, 4) is 0 Å². The Kier molecular flexibility index (Phi) is 5.30. The van der Waals surface area contributed by atoms with Crippen LogP contribution in [0, 0.1) is 0 Å². The molecule has 0 spiro atoms. The Morgan fingerprint density at radius 3 is 2.41 bits per heavy atom. The zero-order valence-electron chi connectivity index (χ0n) is 17.8. The van der Waals surface area contributed by atoms with Crippen molar-refractivity contribution >= 4 is 28.6 Å². The molecule has 3 aromatic heterocycles. The molecule has 0 saturated heterocycles. The molecule has 0 unspecified atom stereocenters. The number of aromatic nitrogens is 5. The maximum absolute atomic E-state index is 13.4. The summed E-state index contributed by atoms with van der Waals surface area (Å²) >= 11 is 0. The topological polar surface area (TPSA) is 131 Å². The van der Waals surface area contributed by atoms with Crippen LogP contribution in [0.2, 0.25) is 0 Å². The molecule has 1 amide bonds. The van der Waals surface area contributed by atoms with Gasteiger partial charge in [0.15, 0.2) is 0 Å². The van der Waals surface area contributed by atoms with Crippen LogP contribution in [0.5, 0.6) is 0 Å². The van der Waals surface area contributed by atoms with E-state index in [-0.39, 0.29) is 23.6 Å². The highest BCUT2D eigenvalue weighted by Crippen LogP contribution is 2.16. The zero-order valence-corrected chi connectivity index (χ0v) is 17.8. The number of fused-ring (bicyclic) bond motifs is 3. The number of amides is 1. The Hall–Kier alpha value is -4.86. The van der Waals surface area contributed by atoms with E-state index < -0.39 is 5.97 Å². The molecule has 5 rings (SSSR count). The number of nitrogens with zero attached hydrogens (tertiary/aromatic N) is 5. The predicted octanol–water partition coefficient (Wildman–Crippen LogP) is 2.12. The van der Waals surface area contributed by atoms with Crippen LogP contribution in [-0.4, -0.2) is 41.1 Å². The lowest BCUT2D eigenvalue weighted by Crippen LogP contribution is -2.25. The lowest BCUT2D eigenvalue weighted by molar-refractivity contribution is 0.0696. The van der Waals surface area contributed by atoms with Crippen LogP contribution in [0.1, 0.15) is 31.8 Å². The molecule has 0 atom stereocenters. The van der Waals surface area contributed by atoms with Crippen molar-refractivity contribution in [2.45, 2.75) is 13.1 Å². The van der Waals surface area contributed by atoms with E-state index in [9.17, 15) is 14.4 Å². The van der Waals surface area contributed by atoms with E-state index in [2.05, 4.69) is 20.5 Å². The normalized spacial score (nSPS) is 11.1. The number of carbonyl (C=O) groups is 2. The standard InChI is InChI=1S/C24H18N6O4/c31-21(26-12-15-7-9-25-10-8-15)18-5-6-20-19(11-18)22(32)29(24-28-27-14-30(20)24)13-16-1-3-17(4-2-16)23(33)34/h1-11,14H,12-13H2,(H,26,31)(H,33,34). The highest BCUT2D eigenvalue weighted by Gasteiger charge is 2.16. The number of carboxylic acid groups (broad SMARTS) is 1. The van der Waals surface area contributed by atoms with Gasteiger partial charge in [-0.05, 0) is 53.6 Å². The number of aromatic carboxylic acids is 1. The summed E-state index contributed by atoms with van der Waals surface area (Å²) in [6.07, 6.45) is 4.81. The number of carbonyl (C=O) groups excluding carboxylic acids is 1. The smallest absolute Gasteiger partial charge is 0.335 e. The average Bonchev–Trinajstić information content (AvgIpc) is 3.36. The molecule has 2 aromatic carbocycles. The molecule has 0 fully saturated rings. The first-order valence-electron chi connectivity index (χ1n) is 10.4. The van der Waals surface area contributed by atoms with Crippen LogP contribution in [0.3, 0.4) is 0 Å². The average molecular weight is 454 g/mol. The molecule has 10 heteroatoms. The van der Waals surface area contributed by atoms with Gasteiger partial charge in [0.25, 0.3) is 11.5 Å². The number of hydrogen-bond acceptors (Lipinski definition) is 6. The van der Waals surface area contributed by atoms with Crippen molar-refractivity contribution in [1.29, 1.82) is 0 Å². The van der Waals surface area contributed by atoms with Crippen molar-refractivity contribution in [3.63, 3.8) is 0 Å². The summed E-state index contributed by atoms with van der Waals surface area (Å²) in [6, 6.07) is 14.8. The highest BCUT2D eigenvalue weighted by atomic mass is 16.4. The Labute approximate surface area is 192 Å². The Morgan fingerprint density at radius 1 is 0.941 bits per heavy atom. The molecule has 0 aliphatic carbocycles. The van der Waals surface area contributed by atoms with Gasteiger partial charge in [0.2, 0.25) is 5.78 Å². The second-order valence-electron chi connectivity index (χ2n) is 7.66. The second kappa shape index (κ2) is 8.58. The summed E-state index contributed by atoms with van der Waals surface area (Å²) in [5.74, 6) is -0.989.